The largest absolute Gasteiger partial charge is 0.370 e. The Morgan fingerprint density at radius 3 is 2.81 bits per heavy atom. The van der Waals surface area contributed by atoms with E-state index in [4.69, 9.17) is 0 Å². The Bertz CT molecular complexity index is 762. The second-order valence-electron chi connectivity index (χ2n) is 4.84. The monoisotopic (exact) mass is 278 g/mol. The minimum absolute atomic E-state index is 0.850. The molecule has 0 spiro atoms. The number of fused-ring (bicyclic) bond motifs is 1. The molecule has 0 saturated heterocycles. The normalized spacial score (nSPS) is 10.8. The van der Waals surface area contributed by atoms with Crippen molar-refractivity contribution in [2.45, 2.75) is 20.3 Å². The van der Waals surface area contributed by atoms with Gasteiger partial charge in [0.2, 0.25) is 0 Å². The van der Waals surface area contributed by atoms with Crippen LogP contribution in [0.5, 0.6) is 0 Å². The molecule has 1 aromatic carbocycles. The minimum atomic E-state index is 0.850. The van der Waals surface area contributed by atoms with Crippen LogP contribution >= 0.6 is 0 Å². The van der Waals surface area contributed by atoms with E-state index in [2.05, 4.69) is 46.2 Å². The Kier molecular flexibility index (Phi) is 3.77. The maximum Gasteiger partial charge on any atom is 0.133 e. The summed E-state index contributed by atoms with van der Waals surface area (Å²) in [5.41, 5.74) is 3.29. The van der Waals surface area contributed by atoms with Crippen molar-refractivity contribution in [1.29, 1.82) is 0 Å². The van der Waals surface area contributed by atoms with Gasteiger partial charge in [0, 0.05) is 35.5 Å². The van der Waals surface area contributed by atoms with Gasteiger partial charge in [-0.1, -0.05) is 25.1 Å². The summed E-state index contributed by atoms with van der Waals surface area (Å²) in [6.07, 6.45) is 6.23. The fraction of sp³-hybridized carbons (Fsp3) is 0.235. The molecular formula is C17H18N4. The number of hydrogen-bond donors (Lipinski definition) is 1. The van der Waals surface area contributed by atoms with Crippen molar-refractivity contribution in [3.63, 3.8) is 0 Å². The molecule has 2 heterocycles. The number of pyridine rings is 1. The number of aromatic nitrogens is 3. The molecule has 4 heteroatoms. The first-order chi connectivity index (χ1) is 10.3. The van der Waals surface area contributed by atoms with E-state index < -0.39 is 0 Å². The Morgan fingerprint density at radius 1 is 1.10 bits per heavy atom. The zero-order valence-electron chi connectivity index (χ0n) is 12.3. The summed E-state index contributed by atoms with van der Waals surface area (Å²) in [6.45, 7) is 5.06. The predicted molar refractivity (Wildman–Crippen MR) is 86.3 cm³/mol. The van der Waals surface area contributed by atoms with Crippen LogP contribution in [0.15, 0.2) is 43.0 Å². The molecule has 0 aliphatic carbocycles. The fourth-order valence-electron chi connectivity index (χ4n) is 2.63. The topological polar surface area (TPSA) is 50.7 Å². The van der Waals surface area contributed by atoms with Crippen molar-refractivity contribution in [1.82, 2.24) is 15.0 Å². The Hall–Kier alpha value is -2.49. The third-order valence-electron chi connectivity index (χ3n) is 3.58. The van der Waals surface area contributed by atoms with E-state index in [0.29, 0.717) is 0 Å². The van der Waals surface area contributed by atoms with E-state index in [-0.39, 0.29) is 0 Å². The summed E-state index contributed by atoms with van der Waals surface area (Å²) in [7, 11) is 0. The molecule has 1 N–H and O–H groups in total. The molecule has 4 nitrogen and oxygen atoms in total. The lowest BCUT2D eigenvalue weighted by atomic mass is 9.99. The summed E-state index contributed by atoms with van der Waals surface area (Å²) < 4.78 is 0. The highest BCUT2D eigenvalue weighted by Crippen LogP contribution is 2.31. The van der Waals surface area contributed by atoms with Crippen LogP contribution in [0, 0.1) is 0 Å². The predicted octanol–water partition coefficient (Wildman–Crippen LogP) is 3.69. The highest BCUT2D eigenvalue weighted by molar-refractivity contribution is 5.96. The van der Waals surface area contributed by atoms with Crippen molar-refractivity contribution >= 4 is 16.6 Å². The molecule has 0 radical (unpaired) electrons. The van der Waals surface area contributed by atoms with Crippen LogP contribution in [0.2, 0.25) is 0 Å². The van der Waals surface area contributed by atoms with E-state index in [1.807, 2.05) is 24.5 Å². The number of rotatable bonds is 4. The standard InChI is InChI=1S/C17H18N4/c1-3-13-16(20-11-21-17(13)19-4-2)15-7-5-6-12-10-18-9-8-14(12)15/h5-11H,3-4H2,1-2H3,(H,19,20,21). The SMILES string of the molecule is CCNc1ncnc(-c2cccc3cnccc23)c1CC. The quantitative estimate of drug-likeness (QED) is 0.791. The molecule has 2 aromatic heterocycles. The molecule has 0 unspecified atom stereocenters. The molecule has 0 fully saturated rings. The van der Waals surface area contributed by atoms with Gasteiger partial charge >= 0.3 is 0 Å². The van der Waals surface area contributed by atoms with Gasteiger partial charge < -0.3 is 5.32 Å². The average molecular weight is 278 g/mol. The third-order valence-corrected chi connectivity index (χ3v) is 3.58. The van der Waals surface area contributed by atoms with E-state index in [0.717, 1.165) is 41.0 Å². The van der Waals surface area contributed by atoms with Crippen LogP contribution in [0.1, 0.15) is 19.4 Å². The molecular weight excluding hydrogens is 260 g/mol. The van der Waals surface area contributed by atoms with Gasteiger partial charge in [0.15, 0.2) is 0 Å². The van der Waals surface area contributed by atoms with Gasteiger partial charge in [-0.05, 0) is 24.8 Å². The maximum absolute atomic E-state index is 4.54. The molecule has 3 aromatic rings. The first-order valence-electron chi connectivity index (χ1n) is 7.26. The summed E-state index contributed by atoms with van der Waals surface area (Å²) >= 11 is 0. The highest BCUT2D eigenvalue weighted by Gasteiger charge is 2.13. The van der Waals surface area contributed by atoms with Crippen LogP contribution in [0.4, 0.5) is 5.82 Å². The van der Waals surface area contributed by atoms with Gasteiger partial charge in [-0.15, -0.1) is 0 Å². The Morgan fingerprint density at radius 2 is 2.00 bits per heavy atom. The van der Waals surface area contributed by atoms with Crippen LogP contribution in [-0.4, -0.2) is 21.5 Å². The summed E-state index contributed by atoms with van der Waals surface area (Å²) in [4.78, 5) is 13.1. The van der Waals surface area contributed by atoms with Gasteiger partial charge in [-0.25, -0.2) is 9.97 Å². The van der Waals surface area contributed by atoms with Crippen molar-refractivity contribution in [3.8, 4) is 11.3 Å². The van der Waals surface area contributed by atoms with E-state index in [9.17, 15) is 0 Å². The van der Waals surface area contributed by atoms with Crippen LogP contribution in [0.25, 0.3) is 22.0 Å². The van der Waals surface area contributed by atoms with Crippen molar-refractivity contribution in [2.24, 2.45) is 0 Å². The van der Waals surface area contributed by atoms with Crippen LogP contribution < -0.4 is 5.32 Å². The summed E-state index contributed by atoms with van der Waals surface area (Å²) in [5, 5.41) is 5.62. The molecule has 0 saturated carbocycles. The number of benzene rings is 1. The number of nitrogens with one attached hydrogen (secondary N) is 1. The van der Waals surface area contributed by atoms with Crippen LogP contribution in [0.3, 0.4) is 0 Å². The van der Waals surface area contributed by atoms with Gasteiger partial charge in [-0.2, -0.15) is 0 Å². The fourth-order valence-corrected chi connectivity index (χ4v) is 2.63. The molecule has 0 aliphatic rings. The Labute approximate surface area is 124 Å². The first-order valence-corrected chi connectivity index (χ1v) is 7.26. The van der Waals surface area contributed by atoms with Crippen LogP contribution in [-0.2, 0) is 6.42 Å². The lowest BCUT2D eigenvalue weighted by Crippen LogP contribution is -2.05. The van der Waals surface area contributed by atoms with Gasteiger partial charge in [0.25, 0.3) is 0 Å². The van der Waals surface area contributed by atoms with Gasteiger partial charge in [0.05, 0.1) is 5.69 Å². The number of hydrogen-bond acceptors (Lipinski definition) is 4. The third kappa shape index (κ3) is 2.44. The molecule has 106 valence electrons. The zero-order valence-corrected chi connectivity index (χ0v) is 12.3. The van der Waals surface area contributed by atoms with Gasteiger partial charge in [0.1, 0.15) is 12.1 Å². The first kappa shape index (κ1) is 13.5. The van der Waals surface area contributed by atoms with Crippen molar-refractivity contribution < 1.29 is 0 Å². The van der Waals surface area contributed by atoms with Crippen molar-refractivity contribution in [2.75, 3.05) is 11.9 Å². The number of nitrogens with zero attached hydrogens (tertiary/aromatic N) is 3. The van der Waals surface area contributed by atoms with Crippen molar-refractivity contribution in [3.05, 3.63) is 48.5 Å². The maximum atomic E-state index is 4.54. The second-order valence-corrected chi connectivity index (χ2v) is 4.84. The summed E-state index contributed by atoms with van der Waals surface area (Å²) in [6, 6.07) is 8.27. The molecule has 3 rings (SSSR count). The number of anilines is 1. The molecule has 21 heavy (non-hydrogen) atoms. The van der Waals surface area contributed by atoms with E-state index in [1.165, 1.54) is 5.39 Å². The Balaban J connectivity index is 2.25. The molecule has 0 amide bonds. The highest BCUT2D eigenvalue weighted by atomic mass is 15.0. The molecule has 0 bridgehead atoms. The molecule has 0 atom stereocenters. The average Bonchev–Trinajstić information content (AvgIpc) is 2.54. The lowest BCUT2D eigenvalue weighted by Gasteiger charge is -2.13. The molecule has 0 aliphatic heterocycles. The zero-order chi connectivity index (χ0) is 14.7. The second kappa shape index (κ2) is 5.87. The summed E-state index contributed by atoms with van der Waals surface area (Å²) in [5.74, 6) is 0.927. The lowest BCUT2D eigenvalue weighted by molar-refractivity contribution is 1.03. The van der Waals surface area contributed by atoms with E-state index in [1.54, 1.807) is 6.33 Å². The minimum Gasteiger partial charge on any atom is -0.370 e. The van der Waals surface area contributed by atoms with Gasteiger partial charge in [-0.3, -0.25) is 4.98 Å². The van der Waals surface area contributed by atoms with E-state index >= 15 is 0 Å². The smallest absolute Gasteiger partial charge is 0.133 e.